The van der Waals surface area contributed by atoms with Gasteiger partial charge in [0.2, 0.25) is 0 Å². The van der Waals surface area contributed by atoms with Gasteiger partial charge in [0.15, 0.2) is 0 Å². The molecular formula is C13H17NO4. The molecule has 0 saturated heterocycles. The van der Waals surface area contributed by atoms with E-state index in [4.69, 9.17) is 5.73 Å². The van der Waals surface area contributed by atoms with Crippen LogP contribution < -0.4 is 10.5 Å². The van der Waals surface area contributed by atoms with Crippen molar-refractivity contribution in [2.45, 2.75) is 13.3 Å². The molecule has 1 amide bonds. The van der Waals surface area contributed by atoms with Crippen molar-refractivity contribution >= 4 is 12.1 Å². The fourth-order valence-corrected chi connectivity index (χ4v) is 0.866. The van der Waals surface area contributed by atoms with Gasteiger partial charge in [-0.2, -0.15) is 0 Å². The van der Waals surface area contributed by atoms with E-state index in [0.717, 1.165) is 12.5 Å². The predicted octanol–water partition coefficient (Wildman–Crippen LogP) is 2.27. The van der Waals surface area contributed by atoms with Crippen LogP contribution in [-0.2, 0) is 9.53 Å². The minimum Gasteiger partial charge on any atom is -0.463 e. The van der Waals surface area contributed by atoms with Gasteiger partial charge < -0.3 is 15.2 Å². The molecule has 0 aromatic heterocycles. The molecular weight excluding hydrogens is 234 g/mol. The van der Waals surface area contributed by atoms with Crippen LogP contribution in [0.5, 0.6) is 5.75 Å². The molecule has 1 rings (SSSR count). The minimum atomic E-state index is -0.786. The molecule has 18 heavy (non-hydrogen) atoms. The number of nitrogens with two attached hydrogens (primary N) is 1. The number of hydrogen-bond donors (Lipinski definition) is 1. The van der Waals surface area contributed by atoms with Gasteiger partial charge in [-0.15, -0.1) is 0 Å². The molecule has 2 N–H and O–H groups in total. The summed E-state index contributed by atoms with van der Waals surface area (Å²) in [5.74, 6) is 0.127. The highest BCUT2D eigenvalue weighted by molar-refractivity contribution is 5.81. The molecule has 0 aliphatic heterocycles. The van der Waals surface area contributed by atoms with E-state index in [2.05, 4.69) is 16.1 Å². The summed E-state index contributed by atoms with van der Waals surface area (Å²) in [7, 11) is 0. The van der Waals surface area contributed by atoms with Crippen LogP contribution in [0.4, 0.5) is 4.79 Å². The minimum absolute atomic E-state index is 0.341. The molecule has 5 heteroatoms. The second kappa shape index (κ2) is 9.89. The Bertz CT molecular complexity index is 376. The summed E-state index contributed by atoms with van der Waals surface area (Å²) in [6.45, 7) is 5.67. The first-order valence-corrected chi connectivity index (χ1v) is 5.41. The highest BCUT2D eigenvalue weighted by Gasteiger charge is 1.93. The molecule has 0 aliphatic rings. The van der Waals surface area contributed by atoms with E-state index in [9.17, 15) is 9.59 Å². The highest BCUT2D eigenvalue weighted by Crippen LogP contribution is 2.07. The zero-order chi connectivity index (χ0) is 13.8. The second-order valence-electron chi connectivity index (χ2n) is 3.11. The average Bonchev–Trinajstić information content (AvgIpc) is 2.37. The quantitative estimate of drug-likeness (QED) is 0.657. The molecule has 1 aromatic carbocycles. The van der Waals surface area contributed by atoms with Crippen molar-refractivity contribution in [2.24, 2.45) is 5.73 Å². The topological polar surface area (TPSA) is 78.6 Å². The third-order valence-corrected chi connectivity index (χ3v) is 1.58. The van der Waals surface area contributed by atoms with Crippen LogP contribution in [0.15, 0.2) is 43.0 Å². The Balaban J connectivity index is 0.000000331. The fraction of sp³-hybridized carbons (Fsp3) is 0.231. The van der Waals surface area contributed by atoms with Crippen LogP contribution in [0.25, 0.3) is 0 Å². The van der Waals surface area contributed by atoms with E-state index in [0.29, 0.717) is 12.4 Å². The lowest BCUT2D eigenvalue weighted by molar-refractivity contribution is -0.137. The van der Waals surface area contributed by atoms with Crippen molar-refractivity contribution in [3.8, 4) is 5.75 Å². The number of benzene rings is 1. The standard InChI is InChI=1S/C7H7NO2.C6H10O2/c8-7(9)10-6-4-2-1-3-5-6;1-3-5-8-6(7)4-2/h1-5H,(H2,8,9);4H,2-3,5H2,1H3. The van der Waals surface area contributed by atoms with Gasteiger partial charge in [-0.1, -0.05) is 31.7 Å². The molecule has 0 radical (unpaired) electrons. The van der Waals surface area contributed by atoms with E-state index in [-0.39, 0.29) is 5.97 Å². The third-order valence-electron chi connectivity index (χ3n) is 1.58. The molecule has 0 fully saturated rings. The van der Waals surface area contributed by atoms with E-state index in [1.807, 2.05) is 13.0 Å². The Kier molecular flexibility index (Phi) is 8.63. The van der Waals surface area contributed by atoms with Gasteiger partial charge >= 0.3 is 12.1 Å². The van der Waals surface area contributed by atoms with Gasteiger partial charge in [-0.05, 0) is 18.6 Å². The van der Waals surface area contributed by atoms with Crippen molar-refractivity contribution in [3.05, 3.63) is 43.0 Å². The van der Waals surface area contributed by atoms with Gasteiger partial charge in [-0.3, -0.25) is 0 Å². The average molecular weight is 251 g/mol. The first kappa shape index (κ1) is 15.7. The highest BCUT2D eigenvalue weighted by atomic mass is 16.5. The Morgan fingerprint density at radius 2 is 1.94 bits per heavy atom. The van der Waals surface area contributed by atoms with Crippen molar-refractivity contribution in [2.75, 3.05) is 6.61 Å². The number of amides is 1. The number of primary amides is 1. The van der Waals surface area contributed by atoms with Crippen molar-refractivity contribution in [1.29, 1.82) is 0 Å². The molecule has 98 valence electrons. The van der Waals surface area contributed by atoms with Gasteiger partial charge in [0.05, 0.1) is 6.61 Å². The zero-order valence-corrected chi connectivity index (χ0v) is 10.3. The molecule has 0 aliphatic carbocycles. The van der Waals surface area contributed by atoms with Crippen molar-refractivity contribution < 1.29 is 19.1 Å². The van der Waals surface area contributed by atoms with Crippen LogP contribution in [0.3, 0.4) is 0 Å². The van der Waals surface area contributed by atoms with Crippen LogP contribution in [0, 0.1) is 0 Å². The molecule has 0 saturated carbocycles. The Morgan fingerprint density at radius 1 is 1.33 bits per heavy atom. The van der Waals surface area contributed by atoms with E-state index in [1.165, 1.54) is 0 Å². The van der Waals surface area contributed by atoms with Crippen LogP contribution in [0.1, 0.15) is 13.3 Å². The first-order valence-electron chi connectivity index (χ1n) is 5.41. The number of esters is 1. The van der Waals surface area contributed by atoms with Crippen molar-refractivity contribution in [1.82, 2.24) is 0 Å². The second-order valence-corrected chi connectivity index (χ2v) is 3.11. The van der Waals surface area contributed by atoms with Crippen LogP contribution >= 0.6 is 0 Å². The van der Waals surface area contributed by atoms with Gasteiger partial charge in [0.1, 0.15) is 5.75 Å². The van der Waals surface area contributed by atoms with Gasteiger partial charge in [-0.25, -0.2) is 9.59 Å². The molecule has 0 bridgehead atoms. The monoisotopic (exact) mass is 251 g/mol. The van der Waals surface area contributed by atoms with Gasteiger partial charge in [0, 0.05) is 6.08 Å². The van der Waals surface area contributed by atoms with E-state index < -0.39 is 6.09 Å². The Hall–Kier alpha value is -2.30. The van der Waals surface area contributed by atoms with E-state index in [1.54, 1.807) is 24.3 Å². The maximum atomic E-state index is 10.2. The first-order chi connectivity index (χ1) is 8.60. The maximum Gasteiger partial charge on any atom is 0.409 e. The third kappa shape index (κ3) is 8.96. The smallest absolute Gasteiger partial charge is 0.409 e. The summed E-state index contributed by atoms with van der Waals surface area (Å²) in [5, 5.41) is 0. The van der Waals surface area contributed by atoms with Gasteiger partial charge in [0.25, 0.3) is 0 Å². The molecule has 0 heterocycles. The summed E-state index contributed by atoms with van der Waals surface area (Å²) in [5.41, 5.74) is 4.76. The normalized spacial score (nSPS) is 8.50. The largest absolute Gasteiger partial charge is 0.463 e. The number of ether oxygens (including phenoxy) is 2. The maximum absolute atomic E-state index is 10.2. The molecule has 0 atom stereocenters. The summed E-state index contributed by atoms with van der Waals surface area (Å²) < 4.78 is 9.14. The van der Waals surface area contributed by atoms with Crippen molar-refractivity contribution in [3.63, 3.8) is 0 Å². The lowest BCUT2D eigenvalue weighted by Gasteiger charge is -1.96. The zero-order valence-electron chi connectivity index (χ0n) is 10.3. The summed E-state index contributed by atoms with van der Waals surface area (Å²) in [4.78, 5) is 20.4. The lowest BCUT2D eigenvalue weighted by atomic mass is 10.3. The lowest BCUT2D eigenvalue weighted by Crippen LogP contribution is -2.15. The molecule has 1 aromatic rings. The number of rotatable bonds is 4. The van der Waals surface area contributed by atoms with Crippen LogP contribution in [-0.4, -0.2) is 18.7 Å². The Morgan fingerprint density at radius 3 is 2.39 bits per heavy atom. The molecule has 0 unspecified atom stereocenters. The van der Waals surface area contributed by atoms with E-state index >= 15 is 0 Å². The SMILES string of the molecule is C=CC(=O)OCCC.NC(=O)Oc1ccccc1. The number of carbonyl (C=O) groups is 2. The summed E-state index contributed by atoms with van der Waals surface area (Å²) in [6, 6.07) is 8.67. The molecule has 0 spiro atoms. The fourth-order valence-electron chi connectivity index (χ4n) is 0.866. The number of carbonyl (C=O) groups excluding carboxylic acids is 2. The Labute approximate surface area is 106 Å². The molecule has 5 nitrogen and oxygen atoms in total. The summed E-state index contributed by atoms with van der Waals surface area (Å²) >= 11 is 0. The number of para-hydroxylation sites is 1. The predicted molar refractivity (Wildman–Crippen MR) is 68.1 cm³/mol. The number of hydrogen-bond acceptors (Lipinski definition) is 4. The van der Waals surface area contributed by atoms with Crippen LogP contribution in [0.2, 0.25) is 0 Å². The summed E-state index contributed by atoms with van der Waals surface area (Å²) in [6.07, 6.45) is 1.24.